The van der Waals surface area contributed by atoms with Crippen LogP contribution >= 0.6 is 24.0 Å². The molecule has 160 valence electrons. The first-order valence-corrected chi connectivity index (χ1v) is 10.2. The second-order valence-electron chi connectivity index (χ2n) is 7.69. The van der Waals surface area contributed by atoms with Gasteiger partial charge < -0.3 is 19.5 Å². The van der Waals surface area contributed by atoms with Crippen molar-refractivity contribution >= 4 is 41.0 Å². The Morgan fingerprint density at radius 1 is 1.20 bits per heavy atom. The van der Waals surface area contributed by atoms with Crippen molar-refractivity contribution in [3.8, 4) is 0 Å². The van der Waals surface area contributed by atoms with Crippen molar-refractivity contribution in [2.45, 2.75) is 19.5 Å². The zero-order chi connectivity index (χ0) is 20.1. The van der Waals surface area contributed by atoms with E-state index in [0.29, 0.717) is 5.92 Å². The summed E-state index contributed by atoms with van der Waals surface area (Å²) >= 11 is 0. The monoisotopic (exact) mass is 519 g/mol. The average Bonchev–Trinajstić information content (AvgIpc) is 3.40. The molecule has 1 saturated heterocycles. The number of hydrogen-bond acceptors (Lipinski definition) is 3. The molecule has 2 heterocycles. The lowest BCUT2D eigenvalue weighted by Gasteiger charge is -2.24. The number of halogens is 1. The smallest absolute Gasteiger partial charge is 0.193 e. The quantitative estimate of drug-likeness (QED) is 0.306. The number of nitrogens with zero attached hydrogens (tertiary/aromatic N) is 4. The third kappa shape index (κ3) is 5.51. The van der Waals surface area contributed by atoms with Crippen molar-refractivity contribution in [1.29, 1.82) is 0 Å². The van der Waals surface area contributed by atoms with Gasteiger partial charge >= 0.3 is 0 Å². The van der Waals surface area contributed by atoms with Crippen molar-refractivity contribution in [1.82, 2.24) is 19.8 Å². The van der Waals surface area contributed by atoms with Gasteiger partial charge in [-0.1, -0.05) is 36.4 Å². The lowest BCUT2D eigenvalue weighted by atomic mass is 10.1. The van der Waals surface area contributed by atoms with E-state index in [4.69, 9.17) is 4.74 Å². The van der Waals surface area contributed by atoms with Crippen molar-refractivity contribution in [2.24, 2.45) is 10.9 Å². The van der Waals surface area contributed by atoms with E-state index in [1.165, 1.54) is 11.1 Å². The summed E-state index contributed by atoms with van der Waals surface area (Å²) in [6.45, 7) is 4.28. The second-order valence-corrected chi connectivity index (χ2v) is 7.69. The Bertz CT molecular complexity index is 963. The minimum absolute atomic E-state index is 0. The van der Waals surface area contributed by atoms with Gasteiger partial charge in [-0.05, 0) is 29.7 Å². The number of aromatic nitrogens is 2. The molecule has 1 atom stereocenters. The Morgan fingerprint density at radius 3 is 2.70 bits per heavy atom. The molecule has 1 aromatic heterocycles. The lowest BCUT2D eigenvalue weighted by molar-refractivity contribution is 0.181. The van der Waals surface area contributed by atoms with E-state index in [-0.39, 0.29) is 24.0 Å². The zero-order valence-corrected chi connectivity index (χ0v) is 20.0. The fraction of sp³-hybridized carbons (Fsp3) is 0.391. The summed E-state index contributed by atoms with van der Waals surface area (Å²) in [7, 11) is 3.93. The molecule has 3 aromatic rings. The van der Waals surface area contributed by atoms with Gasteiger partial charge in [-0.2, -0.15) is 0 Å². The number of ether oxygens (including phenoxy) is 1. The van der Waals surface area contributed by atoms with Crippen LogP contribution in [0.15, 0.2) is 59.9 Å². The van der Waals surface area contributed by atoms with Gasteiger partial charge in [0.25, 0.3) is 0 Å². The van der Waals surface area contributed by atoms with Crippen LogP contribution in [0.5, 0.6) is 0 Å². The molecular weight excluding hydrogens is 489 g/mol. The minimum atomic E-state index is 0. The van der Waals surface area contributed by atoms with E-state index in [2.05, 4.69) is 68.2 Å². The predicted molar refractivity (Wildman–Crippen MR) is 132 cm³/mol. The van der Waals surface area contributed by atoms with Crippen LogP contribution in [0.4, 0.5) is 0 Å². The van der Waals surface area contributed by atoms with Gasteiger partial charge in [-0.25, -0.2) is 4.98 Å². The number of guanidine groups is 1. The SMILES string of the molecule is CN=C(NCc1ccc(Cn2cnc3ccccc32)cc1)N(C)CC1CCOC1.I. The molecular formula is C23H30IN5O. The molecule has 0 saturated carbocycles. The molecule has 7 heteroatoms. The first-order chi connectivity index (χ1) is 14.2. The summed E-state index contributed by atoms with van der Waals surface area (Å²) in [5.41, 5.74) is 4.70. The highest BCUT2D eigenvalue weighted by Gasteiger charge is 2.19. The van der Waals surface area contributed by atoms with Gasteiger partial charge in [0, 0.05) is 46.3 Å². The molecule has 1 aliphatic heterocycles. The molecule has 0 amide bonds. The largest absolute Gasteiger partial charge is 0.381 e. The predicted octanol–water partition coefficient (Wildman–Crippen LogP) is 3.75. The van der Waals surface area contributed by atoms with Gasteiger partial charge in [0.15, 0.2) is 5.96 Å². The Labute approximate surface area is 195 Å². The summed E-state index contributed by atoms with van der Waals surface area (Å²) in [5, 5.41) is 3.47. The number of fused-ring (bicyclic) bond motifs is 1. The Morgan fingerprint density at radius 2 is 1.97 bits per heavy atom. The maximum absolute atomic E-state index is 5.48. The fourth-order valence-electron chi connectivity index (χ4n) is 3.86. The van der Waals surface area contributed by atoms with E-state index >= 15 is 0 Å². The highest BCUT2D eigenvalue weighted by Crippen LogP contribution is 2.15. The van der Waals surface area contributed by atoms with Crippen molar-refractivity contribution in [2.75, 3.05) is 33.9 Å². The molecule has 1 aliphatic rings. The van der Waals surface area contributed by atoms with Gasteiger partial charge in [-0.3, -0.25) is 4.99 Å². The number of nitrogens with one attached hydrogen (secondary N) is 1. The summed E-state index contributed by atoms with van der Waals surface area (Å²) < 4.78 is 7.67. The standard InChI is InChI=1S/C23H29N5O.HI/c1-24-23(27(2)14-20-11-12-29-16-20)25-13-18-7-9-19(10-8-18)15-28-17-26-21-5-3-4-6-22(21)28;/h3-10,17,20H,11-16H2,1-2H3,(H,24,25);1H. The third-order valence-corrected chi connectivity index (χ3v) is 5.48. The van der Waals surface area contributed by atoms with Gasteiger partial charge in [-0.15, -0.1) is 24.0 Å². The maximum atomic E-state index is 5.48. The highest BCUT2D eigenvalue weighted by atomic mass is 127. The summed E-state index contributed by atoms with van der Waals surface area (Å²) in [5.74, 6) is 1.52. The molecule has 2 aromatic carbocycles. The molecule has 0 radical (unpaired) electrons. The van der Waals surface area contributed by atoms with E-state index in [9.17, 15) is 0 Å². The van der Waals surface area contributed by atoms with Crippen LogP contribution in [-0.2, 0) is 17.8 Å². The van der Waals surface area contributed by atoms with Crippen LogP contribution in [0.25, 0.3) is 11.0 Å². The van der Waals surface area contributed by atoms with Crippen LogP contribution in [-0.4, -0.2) is 54.3 Å². The average molecular weight is 519 g/mol. The second kappa shape index (κ2) is 10.8. The number of aliphatic imine (C=N–C) groups is 1. The van der Waals surface area contributed by atoms with Crippen molar-refractivity contribution in [3.05, 3.63) is 66.0 Å². The van der Waals surface area contributed by atoms with E-state index in [0.717, 1.165) is 56.3 Å². The van der Waals surface area contributed by atoms with Crippen LogP contribution in [0, 0.1) is 5.92 Å². The van der Waals surface area contributed by atoms with Gasteiger partial charge in [0.2, 0.25) is 0 Å². The number of imidazole rings is 1. The van der Waals surface area contributed by atoms with Crippen LogP contribution in [0.1, 0.15) is 17.5 Å². The van der Waals surface area contributed by atoms with Crippen molar-refractivity contribution < 1.29 is 4.74 Å². The molecule has 30 heavy (non-hydrogen) atoms. The molecule has 0 bridgehead atoms. The van der Waals surface area contributed by atoms with Crippen LogP contribution in [0.3, 0.4) is 0 Å². The van der Waals surface area contributed by atoms with Gasteiger partial charge in [0.05, 0.1) is 24.0 Å². The molecule has 4 rings (SSSR count). The summed E-state index contributed by atoms with van der Waals surface area (Å²) in [6, 6.07) is 17.0. The summed E-state index contributed by atoms with van der Waals surface area (Å²) in [4.78, 5) is 11.1. The Balaban J connectivity index is 0.00000256. The first kappa shape index (κ1) is 22.6. The minimum Gasteiger partial charge on any atom is -0.381 e. The first-order valence-electron chi connectivity index (χ1n) is 10.2. The molecule has 0 aliphatic carbocycles. The van der Waals surface area contributed by atoms with Crippen LogP contribution in [0.2, 0.25) is 0 Å². The Hall–Kier alpha value is -2.13. The molecule has 1 fully saturated rings. The van der Waals surface area contributed by atoms with E-state index in [1.807, 2.05) is 25.5 Å². The summed E-state index contributed by atoms with van der Waals surface area (Å²) in [6.07, 6.45) is 3.05. The number of para-hydroxylation sites is 2. The molecule has 1 unspecified atom stereocenters. The van der Waals surface area contributed by atoms with Crippen molar-refractivity contribution in [3.63, 3.8) is 0 Å². The topological polar surface area (TPSA) is 54.7 Å². The van der Waals surface area contributed by atoms with Crippen LogP contribution < -0.4 is 5.32 Å². The highest BCUT2D eigenvalue weighted by molar-refractivity contribution is 14.0. The number of hydrogen-bond donors (Lipinski definition) is 1. The lowest BCUT2D eigenvalue weighted by Crippen LogP contribution is -2.41. The number of benzene rings is 2. The third-order valence-electron chi connectivity index (χ3n) is 5.48. The maximum Gasteiger partial charge on any atom is 0.193 e. The normalized spacial score (nSPS) is 16.5. The zero-order valence-electron chi connectivity index (χ0n) is 17.6. The number of rotatable bonds is 6. The molecule has 6 nitrogen and oxygen atoms in total. The molecule has 1 N–H and O–H groups in total. The molecule has 0 spiro atoms. The van der Waals surface area contributed by atoms with E-state index in [1.54, 1.807) is 0 Å². The Kier molecular flexibility index (Phi) is 8.09. The van der Waals surface area contributed by atoms with Gasteiger partial charge in [0.1, 0.15) is 0 Å². The van der Waals surface area contributed by atoms with E-state index < -0.39 is 0 Å². The fourth-order valence-corrected chi connectivity index (χ4v) is 3.86.